The Labute approximate surface area is 65.2 Å². The first kappa shape index (κ1) is 9.92. The molecule has 0 aromatic carbocycles. The lowest BCUT2D eigenvalue weighted by molar-refractivity contribution is 0.407. The molecule has 1 nitrogen and oxygen atoms in total. The molecular weight excluding hydrogens is 140 g/mol. The lowest BCUT2D eigenvalue weighted by Gasteiger charge is -2.17. The van der Waals surface area contributed by atoms with Crippen molar-refractivity contribution in [3.05, 3.63) is 11.6 Å². The van der Waals surface area contributed by atoms with Gasteiger partial charge in [-0.05, 0) is 33.0 Å². The summed E-state index contributed by atoms with van der Waals surface area (Å²) in [5.41, 5.74) is 1.39. The van der Waals surface area contributed by atoms with Gasteiger partial charge in [-0.3, -0.25) is 0 Å². The molecule has 0 saturated carbocycles. The summed E-state index contributed by atoms with van der Waals surface area (Å²) in [6, 6.07) is 1.13. The fraction of sp³-hybridized carbons (Fsp3) is 0.750. The predicted octanol–water partition coefficient (Wildman–Crippen LogP) is 2.80. The van der Waals surface area contributed by atoms with Crippen LogP contribution in [0.2, 0.25) is 19.1 Å². The summed E-state index contributed by atoms with van der Waals surface area (Å²) in [5, 5.41) is 0. The maximum atomic E-state index is 5.38. The Morgan fingerprint density at radius 3 is 2.20 bits per heavy atom. The van der Waals surface area contributed by atoms with E-state index in [-0.39, 0.29) is 0 Å². The first-order valence-electron chi connectivity index (χ1n) is 3.66. The van der Waals surface area contributed by atoms with Crippen LogP contribution in [0.5, 0.6) is 0 Å². The molecule has 0 spiro atoms. The lowest BCUT2D eigenvalue weighted by Crippen LogP contribution is -2.27. The van der Waals surface area contributed by atoms with E-state index in [0.717, 1.165) is 6.04 Å². The molecule has 0 amide bonds. The van der Waals surface area contributed by atoms with E-state index < -0.39 is 8.32 Å². The fourth-order valence-electron chi connectivity index (χ4n) is 0.533. The summed E-state index contributed by atoms with van der Waals surface area (Å²) in [6.45, 7) is 8.71. The van der Waals surface area contributed by atoms with Crippen molar-refractivity contribution in [1.82, 2.24) is 0 Å². The van der Waals surface area contributed by atoms with Crippen molar-refractivity contribution in [2.75, 3.05) is 7.11 Å². The van der Waals surface area contributed by atoms with Crippen LogP contribution >= 0.6 is 0 Å². The number of hydrogen-bond donors (Lipinski definition) is 0. The second kappa shape index (κ2) is 3.94. The minimum Gasteiger partial charge on any atom is -0.420 e. The zero-order valence-electron chi connectivity index (χ0n) is 7.69. The van der Waals surface area contributed by atoms with Gasteiger partial charge in [0, 0.05) is 7.11 Å². The highest BCUT2D eigenvalue weighted by atomic mass is 28.4. The summed E-state index contributed by atoms with van der Waals surface area (Å²) in [5.74, 6) is 0. The molecule has 0 aliphatic rings. The fourth-order valence-corrected chi connectivity index (χ4v) is 1.60. The average molecular weight is 158 g/mol. The molecule has 0 fully saturated rings. The van der Waals surface area contributed by atoms with Crippen molar-refractivity contribution >= 4 is 8.32 Å². The van der Waals surface area contributed by atoms with Gasteiger partial charge in [-0.1, -0.05) is 11.6 Å². The zero-order valence-corrected chi connectivity index (χ0v) is 8.69. The van der Waals surface area contributed by atoms with Crippen LogP contribution in [0.25, 0.3) is 0 Å². The van der Waals surface area contributed by atoms with Crippen molar-refractivity contribution in [3.63, 3.8) is 0 Å². The Morgan fingerprint density at radius 2 is 1.90 bits per heavy atom. The van der Waals surface area contributed by atoms with Gasteiger partial charge in [-0.2, -0.15) is 0 Å². The van der Waals surface area contributed by atoms with Crippen LogP contribution < -0.4 is 0 Å². The van der Waals surface area contributed by atoms with Gasteiger partial charge in [0.25, 0.3) is 0 Å². The molecule has 0 heterocycles. The quantitative estimate of drug-likeness (QED) is 0.453. The molecule has 0 aromatic rings. The van der Waals surface area contributed by atoms with E-state index in [2.05, 4.69) is 33.0 Å². The van der Waals surface area contributed by atoms with Crippen molar-refractivity contribution in [2.45, 2.75) is 33.0 Å². The SMILES string of the molecule is CO[Si](C)(C)CC=C(C)C. The highest BCUT2D eigenvalue weighted by molar-refractivity contribution is 6.71. The molecule has 0 aliphatic heterocycles. The van der Waals surface area contributed by atoms with E-state index in [1.165, 1.54) is 5.57 Å². The average Bonchev–Trinajstić information content (AvgIpc) is 1.85. The van der Waals surface area contributed by atoms with Crippen LogP contribution in [-0.4, -0.2) is 15.4 Å². The summed E-state index contributed by atoms with van der Waals surface area (Å²) in [4.78, 5) is 0. The first-order chi connectivity index (χ1) is 4.48. The summed E-state index contributed by atoms with van der Waals surface area (Å²) in [7, 11) is 0.494. The Bertz CT molecular complexity index is 123. The molecular formula is C8H18OSi. The Kier molecular flexibility index (Phi) is 3.90. The van der Waals surface area contributed by atoms with Gasteiger partial charge in [-0.15, -0.1) is 0 Å². The smallest absolute Gasteiger partial charge is 0.189 e. The van der Waals surface area contributed by atoms with E-state index in [1.807, 2.05) is 7.11 Å². The number of hydrogen-bond acceptors (Lipinski definition) is 1. The minimum atomic E-state index is -1.32. The van der Waals surface area contributed by atoms with E-state index in [1.54, 1.807) is 0 Å². The topological polar surface area (TPSA) is 9.23 Å². The standard InChI is InChI=1S/C8H18OSi/c1-8(2)6-7-10(4,5)9-3/h6H,7H2,1-5H3. The highest BCUT2D eigenvalue weighted by Gasteiger charge is 2.17. The third kappa shape index (κ3) is 4.76. The number of allylic oxidation sites excluding steroid dienone is 2. The zero-order chi connectivity index (χ0) is 8.20. The predicted molar refractivity (Wildman–Crippen MR) is 48.7 cm³/mol. The van der Waals surface area contributed by atoms with E-state index >= 15 is 0 Å². The molecule has 0 aromatic heterocycles. The van der Waals surface area contributed by atoms with Gasteiger partial charge < -0.3 is 4.43 Å². The maximum Gasteiger partial charge on any atom is 0.189 e. The van der Waals surface area contributed by atoms with Crippen molar-refractivity contribution in [2.24, 2.45) is 0 Å². The molecule has 60 valence electrons. The van der Waals surface area contributed by atoms with Gasteiger partial charge in [0.15, 0.2) is 8.32 Å². The van der Waals surface area contributed by atoms with Crippen LogP contribution in [0.4, 0.5) is 0 Å². The van der Waals surface area contributed by atoms with Gasteiger partial charge in [-0.25, -0.2) is 0 Å². The van der Waals surface area contributed by atoms with Gasteiger partial charge in [0.2, 0.25) is 0 Å². The van der Waals surface area contributed by atoms with Gasteiger partial charge >= 0.3 is 0 Å². The summed E-state index contributed by atoms with van der Waals surface area (Å²) < 4.78 is 5.38. The van der Waals surface area contributed by atoms with Crippen LogP contribution in [0.15, 0.2) is 11.6 Å². The minimum absolute atomic E-state index is 1.13. The normalized spacial score (nSPS) is 11.3. The van der Waals surface area contributed by atoms with E-state index in [0.29, 0.717) is 0 Å². The summed E-state index contributed by atoms with van der Waals surface area (Å²) in [6.07, 6.45) is 2.26. The van der Waals surface area contributed by atoms with Crippen LogP contribution in [0.3, 0.4) is 0 Å². The maximum absolute atomic E-state index is 5.38. The van der Waals surface area contributed by atoms with Crippen molar-refractivity contribution in [3.8, 4) is 0 Å². The summed E-state index contributed by atoms with van der Waals surface area (Å²) >= 11 is 0. The largest absolute Gasteiger partial charge is 0.420 e. The number of rotatable bonds is 3. The van der Waals surface area contributed by atoms with Crippen LogP contribution in [0.1, 0.15) is 13.8 Å². The molecule has 0 aliphatic carbocycles. The Morgan fingerprint density at radius 1 is 1.40 bits per heavy atom. The molecule has 0 unspecified atom stereocenters. The van der Waals surface area contributed by atoms with Crippen molar-refractivity contribution < 1.29 is 4.43 Å². The van der Waals surface area contributed by atoms with E-state index in [4.69, 9.17) is 4.43 Å². The second-order valence-corrected chi connectivity index (χ2v) is 7.79. The Balaban J connectivity index is 3.78. The molecule has 0 saturated heterocycles. The lowest BCUT2D eigenvalue weighted by atomic mass is 10.3. The van der Waals surface area contributed by atoms with Gasteiger partial charge in [0.1, 0.15) is 0 Å². The molecule has 0 bridgehead atoms. The van der Waals surface area contributed by atoms with Crippen LogP contribution in [-0.2, 0) is 4.43 Å². The molecule has 10 heavy (non-hydrogen) atoms. The molecule has 0 radical (unpaired) electrons. The van der Waals surface area contributed by atoms with E-state index in [9.17, 15) is 0 Å². The van der Waals surface area contributed by atoms with Crippen molar-refractivity contribution in [1.29, 1.82) is 0 Å². The van der Waals surface area contributed by atoms with Crippen LogP contribution in [0, 0.1) is 0 Å². The Hall–Kier alpha value is -0.0831. The monoisotopic (exact) mass is 158 g/mol. The second-order valence-electron chi connectivity index (χ2n) is 3.45. The molecule has 0 atom stereocenters. The molecule has 0 rings (SSSR count). The first-order valence-corrected chi connectivity index (χ1v) is 6.78. The molecule has 0 N–H and O–H groups in total. The van der Waals surface area contributed by atoms with Gasteiger partial charge in [0.05, 0.1) is 0 Å². The third-order valence-corrected chi connectivity index (χ3v) is 3.85. The molecule has 2 heteroatoms. The highest BCUT2D eigenvalue weighted by Crippen LogP contribution is 2.11. The third-order valence-electron chi connectivity index (χ3n) is 1.55.